The van der Waals surface area contributed by atoms with E-state index in [2.05, 4.69) is 10.1 Å². The van der Waals surface area contributed by atoms with Crippen LogP contribution in [0.25, 0.3) is 0 Å². The van der Waals surface area contributed by atoms with Crippen LogP contribution in [0.3, 0.4) is 0 Å². The molecule has 0 N–H and O–H groups in total. The maximum absolute atomic E-state index is 11.3. The van der Waals surface area contributed by atoms with Gasteiger partial charge in [0, 0.05) is 13.0 Å². The van der Waals surface area contributed by atoms with Gasteiger partial charge in [-0.25, -0.2) is 9.78 Å². The second-order valence-corrected chi connectivity index (χ2v) is 3.41. The average Bonchev–Trinajstić information content (AvgIpc) is 2.91. The van der Waals surface area contributed by atoms with E-state index in [0.717, 1.165) is 18.7 Å². The first-order valence-electron chi connectivity index (χ1n) is 4.80. The predicted octanol–water partition coefficient (Wildman–Crippen LogP) is 0.869. The standard InChI is InChI=1S/C9H13N3O2/c1-3-14-9(13)7-10-8(6-4-5-6)12(2)11-7/h6H,3-5H2,1-2H3. The number of hydrogen-bond acceptors (Lipinski definition) is 4. The third-order valence-electron chi connectivity index (χ3n) is 2.20. The van der Waals surface area contributed by atoms with E-state index in [1.807, 2.05) is 7.05 Å². The third-order valence-corrected chi connectivity index (χ3v) is 2.20. The zero-order chi connectivity index (χ0) is 10.1. The van der Waals surface area contributed by atoms with Gasteiger partial charge in [-0.15, -0.1) is 5.10 Å². The van der Waals surface area contributed by atoms with Crippen LogP contribution in [0.4, 0.5) is 0 Å². The van der Waals surface area contributed by atoms with Gasteiger partial charge in [-0.1, -0.05) is 0 Å². The van der Waals surface area contributed by atoms with Crippen molar-refractivity contribution in [1.29, 1.82) is 0 Å². The SMILES string of the molecule is CCOC(=O)c1nc(C2CC2)n(C)n1. The molecule has 1 aliphatic rings. The number of aromatic nitrogens is 3. The van der Waals surface area contributed by atoms with Crippen molar-refractivity contribution >= 4 is 5.97 Å². The topological polar surface area (TPSA) is 57.0 Å². The monoisotopic (exact) mass is 195 g/mol. The van der Waals surface area contributed by atoms with E-state index in [4.69, 9.17) is 4.74 Å². The van der Waals surface area contributed by atoms with Crippen LogP contribution in [-0.2, 0) is 11.8 Å². The van der Waals surface area contributed by atoms with Gasteiger partial charge in [0.2, 0.25) is 0 Å². The Kier molecular flexibility index (Phi) is 2.23. The summed E-state index contributed by atoms with van der Waals surface area (Å²) in [4.78, 5) is 15.5. The number of ether oxygens (including phenoxy) is 1. The molecule has 0 aromatic carbocycles. The minimum atomic E-state index is -0.435. The van der Waals surface area contributed by atoms with Crippen molar-refractivity contribution in [2.75, 3.05) is 6.61 Å². The Bertz CT molecular complexity index is 355. The van der Waals surface area contributed by atoms with E-state index in [1.54, 1.807) is 11.6 Å². The molecule has 1 saturated carbocycles. The quantitative estimate of drug-likeness (QED) is 0.671. The molecule has 14 heavy (non-hydrogen) atoms. The second kappa shape index (κ2) is 3.40. The lowest BCUT2D eigenvalue weighted by Gasteiger charge is -1.94. The first-order chi connectivity index (χ1) is 6.72. The summed E-state index contributed by atoms with van der Waals surface area (Å²) in [5.74, 6) is 1.13. The fourth-order valence-corrected chi connectivity index (χ4v) is 1.38. The lowest BCUT2D eigenvalue weighted by atomic mass is 10.4. The van der Waals surface area contributed by atoms with E-state index in [1.165, 1.54) is 0 Å². The van der Waals surface area contributed by atoms with Gasteiger partial charge in [-0.2, -0.15) is 0 Å². The molecule has 1 aromatic heterocycles. The molecule has 0 aliphatic heterocycles. The van der Waals surface area contributed by atoms with E-state index in [9.17, 15) is 4.79 Å². The van der Waals surface area contributed by atoms with Crippen molar-refractivity contribution < 1.29 is 9.53 Å². The van der Waals surface area contributed by atoms with Crippen molar-refractivity contribution in [3.05, 3.63) is 11.6 Å². The van der Waals surface area contributed by atoms with Crippen LogP contribution in [-0.4, -0.2) is 27.3 Å². The van der Waals surface area contributed by atoms with Gasteiger partial charge in [-0.3, -0.25) is 4.68 Å². The fourth-order valence-electron chi connectivity index (χ4n) is 1.38. The summed E-state index contributed by atoms with van der Waals surface area (Å²) >= 11 is 0. The maximum atomic E-state index is 11.3. The van der Waals surface area contributed by atoms with Gasteiger partial charge in [0.25, 0.3) is 5.82 Å². The van der Waals surface area contributed by atoms with Crippen LogP contribution < -0.4 is 0 Å². The fraction of sp³-hybridized carbons (Fsp3) is 0.667. The molecule has 0 bridgehead atoms. The Labute approximate surface area is 82.1 Å². The predicted molar refractivity (Wildman–Crippen MR) is 48.9 cm³/mol. The van der Waals surface area contributed by atoms with Crippen molar-refractivity contribution in [3.63, 3.8) is 0 Å². The van der Waals surface area contributed by atoms with Crippen LogP contribution >= 0.6 is 0 Å². The number of nitrogens with zero attached hydrogens (tertiary/aromatic N) is 3. The van der Waals surface area contributed by atoms with Crippen LogP contribution in [0.1, 0.15) is 42.1 Å². The van der Waals surface area contributed by atoms with E-state index < -0.39 is 5.97 Å². The largest absolute Gasteiger partial charge is 0.460 e. The maximum Gasteiger partial charge on any atom is 0.378 e. The van der Waals surface area contributed by atoms with Gasteiger partial charge >= 0.3 is 5.97 Å². The molecule has 0 spiro atoms. The molecule has 0 saturated heterocycles. The van der Waals surface area contributed by atoms with E-state index >= 15 is 0 Å². The summed E-state index contributed by atoms with van der Waals surface area (Å²) in [6.07, 6.45) is 2.30. The van der Waals surface area contributed by atoms with Gasteiger partial charge < -0.3 is 4.74 Å². The number of rotatable bonds is 3. The first kappa shape index (κ1) is 9.18. The van der Waals surface area contributed by atoms with E-state index in [-0.39, 0.29) is 5.82 Å². The molecular weight excluding hydrogens is 182 g/mol. The summed E-state index contributed by atoms with van der Waals surface area (Å²) in [6, 6.07) is 0. The summed E-state index contributed by atoms with van der Waals surface area (Å²) in [5, 5.41) is 4.02. The summed E-state index contributed by atoms with van der Waals surface area (Å²) in [7, 11) is 1.81. The Morgan fingerprint density at radius 3 is 2.93 bits per heavy atom. The van der Waals surface area contributed by atoms with Crippen LogP contribution in [0.15, 0.2) is 0 Å². The van der Waals surface area contributed by atoms with Gasteiger partial charge in [0.15, 0.2) is 0 Å². The molecule has 1 fully saturated rings. The Morgan fingerprint density at radius 1 is 1.64 bits per heavy atom. The normalized spacial score (nSPS) is 15.6. The lowest BCUT2D eigenvalue weighted by molar-refractivity contribution is 0.0512. The summed E-state index contributed by atoms with van der Waals surface area (Å²) < 4.78 is 6.49. The van der Waals surface area contributed by atoms with Crippen LogP contribution in [0.2, 0.25) is 0 Å². The van der Waals surface area contributed by atoms with Gasteiger partial charge in [-0.05, 0) is 19.8 Å². The second-order valence-electron chi connectivity index (χ2n) is 3.41. The molecular formula is C9H13N3O2. The number of carbonyl (C=O) groups is 1. The summed E-state index contributed by atoms with van der Waals surface area (Å²) in [5.41, 5.74) is 0. The number of carbonyl (C=O) groups excluding carboxylic acids is 1. The Hall–Kier alpha value is -1.39. The number of esters is 1. The van der Waals surface area contributed by atoms with Crippen LogP contribution in [0.5, 0.6) is 0 Å². The lowest BCUT2D eigenvalue weighted by Crippen LogP contribution is -2.07. The van der Waals surface area contributed by atoms with Crippen molar-refractivity contribution in [3.8, 4) is 0 Å². The van der Waals surface area contributed by atoms with Crippen molar-refractivity contribution in [1.82, 2.24) is 14.8 Å². The molecule has 0 atom stereocenters. The average molecular weight is 195 g/mol. The smallest absolute Gasteiger partial charge is 0.378 e. The molecule has 1 aliphatic carbocycles. The molecule has 76 valence electrons. The Morgan fingerprint density at radius 2 is 2.36 bits per heavy atom. The minimum absolute atomic E-state index is 0.177. The highest BCUT2D eigenvalue weighted by Gasteiger charge is 2.30. The summed E-state index contributed by atoms with van der Waals surface area (Å²) in [6.45, 7) is 2.12. The van der Waals surface area contributed by atoms with Gasteiger partial charge in [0.1, 0.15) is 5.82 Å². The molecule has 0 radical (unpaired) electrons. The minimum Gasteiger partial charge on any atom is -0.460 e. The highest BCUT2D eigenvalue weighted by molar-refractivity contribution is 5.85. The molecule has 0 unspecified atom stereocenters. The zero-order valence-electron chi connectivity index (χ0n) is 8.36. The van der Waals surface area contributed by atoms with Crippen molar-refractivity contribution in [2.45, 2.75) is 25.7 Å². The Balaban J connectivity index is 2.18. The highest BCUT2D eigenvalue weighted by atomic mass is 16.5. The molecule has 0 amide bonds. The highest BCUT2D eigenvalue weighted by Crippen LogP contribution is 2.38. The number of hydrogen-bond donors (Lipinski definition) is 0. The third kappa shape index (κ3) is 1.62. The van der Waals surface area contributed by atoms with Gasteiger partial charge in [0.05, 0.1) is 6.61 Å². The first-order valence-corrected chi connectivity index (χ1v) is 4.80. The molecule has 2 rings (SSSR count). The molecule has 5 heteroatoms. The molecule has 1 heterocycles. The number of aryl methyl sites for hydroxylation is 1. The zero-order valence-corrected chi connectivity index (χ0v) is 8.36. The van der Waals surface area contributed by atoms with Crippen LogP contribution in [0, 0.1) is 0 Å². The van der Waals surface area contributed by atoms with E-state index in [0.29, 0.717) is 12.5 Å². The van der Waals surface area contributed by atoms with Crippen molar-refractivity contribution in [2.24, 2.45) is 7.05 Å². The molecule has 5 nitrogen and oxygen atoms in total. The molecule has 1 aromatic rings.